The van der Waals surface area contributed by atoms with Crippen molar-refractivity contribution in [3.8, 4) is 0 Å². The Morgan fingerprint density at radius 2 is 2.00 bits per heavy atom. The third-order valence-electron chi connectivity index (χ3n) is 5.47. The number of imidazole rings is 1. The third-order valence-corrected chi connectivity index (χ3v) is 5.47. The Morgan fingerprint density at radius 1 is 1.23 bits per heavy atom. The van der Waals surface area contributed by atoms with Gasteiger partial charge < -0.3 is 24.6 Å². The van der Waals surface area contributed by atoms with Gasteiger partial charge in [-0.05, 0) is 42.3 Å². The molecule has 2 atom stereocenters. The summed E-state index contributed by atoms with van der Waals surface area (Å²) in [6.07, 6.45) is 4.58. The quantitative estimate of drug-likeness (QED) is 0.618. The molecule has 1 aromatic carbocycles. The molecule has 31 heavy (non-hydrogen) atoms. The van der Waals surface area contributed by atoms with Crippen LogP contribution in [0.1, 0.15) is 12.5 Å². The first-order chi connectivity index (χ1) is 15.0. The maximum atomic E-state index is 12.5. The number of anilines is 2. The van der Waals surface area contributed by atoms with Crippen molar-refractivity contribution in [1.29, 1.82) is 0 Å². The predicted molar refractivity (Wildman–Crippen MR) is 119 cm³/mol. The van der Waals surface area contributed by atoms with E-state index in [-0.39, 0.29) is 11.8 Å². The molecule has 160 valence electrons. The summed E-state index contributed by atoms with van der Waals surface area (Å²) < 4.78 is 1.90. The van der Waals surface area contributed by atoms with Crippen LogP contribution in [0.2, 0.25) is 0 Å². The molecule has 8 nitrogen and oxygen atoms in total. The molecule has 2 aromatic heterocycles. The van der Waals surface area contributed by atoms with E-state index in [1.54, 1.807) is 4.90 Å². The number of hydrogen-bond acceptors (Lipinski definition) is 5. The highest BCUT2D eigenvalue weighted by atomic mass is 16.3. The second-order valence-corrected chi connectivity index (χ2v) is 7.56. The molecule has 1 saturated heterocycles. The average Bonchev–Trinajstić information content (AvgIpc) is 3.19. The number of rotatable bonds is 5. The first-order valence-corrected chi connectivity index (χ1v) is 10.1. The van der Waals surface area contributed by atoms with E-state index in [2.05, 4.69) is 16.9 Å². The molecule has 3 aromatic rings. The number of aliphatic hydroxyl groups excluding tert-OH is 1. The lowest BCUT2D eigenvalue weighted by atomic mass is 9.99. The summed E-state index contributed by atoms with van der Waals surface area (Å²) in [7, 11) is 0. The smallest absolute Gasteiger partial charge is 0.246 e. The number of nitrogens with one attached hydrogen (secondary N) is 1. The Morgan fingerprint density at radius 3 is 2.68 bits per heavy atom. The summed E-state index contributed by atoms with van der Waals surface area (Å²) in [4.78, 5) is 31.8. The van der Waals surface area contributed by atoms with Crippen LogP contribution >= 0.6 is 0 Å². The molecule has 3 heterocycles. The van der Waals surface area contributed by atoms with E-state index in [4.69, 9.17) is 0 Å². The van der Waals surface area contributed by atoms with Crippen molar-refractivity contribution in [2.24, 2.45) is 0 Å². The molecular weight excluding hydrogens is 394 g/mol. The normalized spacial score (nSPS) is 18.8. The minimum Gasteiger partial charge on any atom is -0.371 e. The molecule has 0 radical (unpaired) electrons. The van der Waals surface area contributed by atoms with Gasteiger partial charge in [0.25, 0.3) is 0 Å². The van der Waals surface area contributed by atoms with Crippen LogP contribution in [-0.2, 0) is 16.0 Å². The van der Waals surface area contributed by atoms with Crippen LogP contribution in [0.4, 0.5) is 11.5 Å². The number of carbonyl (C=O) groups excluding carboxylic acids is 2. The van der Waals surface area contributed by atoms with Gasteiger partial charge in [-0.25, -0.2) is 4.98 Å². The zero-order valence-electron chi connectivity index (χ0n) is 17.3. The molecule has 2 amide bonds. The van der Waals surface area contributed by atoms with Crippen molar-refractivity contribution in [2.75, 3.05) is 23.3 Å². The molecule has 1 aliphatic rings. The van der Waals surface area contributed by atoms with E-state index in [0.29, 0.717) is 31.0 Å². The van der Waals surface area contributed by atoms with Crippen LogP contribution in [0, 0.1) is 0 Å². The first-order valence-electron chi connectivity index (χ1n) is 10.1. The predicted octanol–water partition coefficient (Wildman–Crippen LogP) is 2.06. The minimum atomic E-state index is -0.933. The number of benzene rings is 1. The highest BCUT2D eigenvalue weighted by Gasteiger charge is 2.38. The molecule has 0 aliphatic carbocycles. The Balaban J connectivity index is 1.60. The molecule has 4 rings (SSSR count). The molecular formula is C23H25N5O3. The lowest BCUT2D eigenvalue weighted by Gasteiger charge is -2.45. The van der Waals surface area contributed by atoms with E-state index in [0.717, 1.165) is 11.2 Å². The number of carbonyl (C=O) groups is 2. The molecule has 0 spiro atoms. The summed E-state index contributed by atoms with van der Waals surface area (Å²) in [5.74, 6) is 0.310. The van der Waals surface area contributed by atoms with Crippen molar-refractivity contribution in [3.63, 3.8) is 0 Å². The summed E-state index contributed by atoms with van der Waals surface area (Å²) >= 11 is 0. The molecule has 8 heteroatoms. The second kappa shape index (κ2) is 8.61. The van der Waals surface area contributed by atoms with Gasteiger partial charge >= 0.3 is 0 Å². The first kappa shape index (κ1) is 20.6. The van der Waals surface area contributed by atoms with Crippen molar-refractivity contribution in [2.45, 2.75) is 25.6 Å². The van der Waals surface area contributed by atoms with Gasteiger partial charge in [0.1, 0.15) is 17.7 Å². The SMILES string of the molecule is C=CC(=O)N1CCN(c2cn3ccccc3n2)C(O)[C@H]1Cc1ccc(NC(C)=O)cc1. The van der Waals surface area contributed by atoms with E-state index in [1.807, 2.05) is 64.2 Å². The number of fused-ring (bicyclic) bond motifs is 1. The van der Waals surface area contributed by atoms with Crippen LogP contribution in [0.3, 0.4) is 0 Å². The maximum absolute atomic E-state index is 12.5. The van der Waals surface area contributed by atoms with Crippen LogP contribution in [-0.4, -0.2) is 56.6 Å². The Bertz CT molecular complexity index is 1070. The van der Waals surface area contributed by atoms with Gasteiger partial charge in [0, 0.05) is 31.9 Å². The van der Waals surface area contributed by atoms with Crippen molar-refractivity contribution in [1.82, 2.24) is 14.3 Å². The Hall–Kier alpha value is -3.65. The molecule has 1 aliphatic heterocycles. The average molecular weight is 419 g/mol. The number of pyridine rings is 1. The number of hydrogen-bond donors (Lipinski definition) is 2. The highest BCUT2D eigenvalue weighted by molar-refractivity contribution is 5.88. The summed E-state index contributed by atoms with van der Waals surface area (Å²) in [5.41, 5.74) is 2.43. The second-order valence-electron chi connectivity index (χ2n) is 7.56. The fourth-order valence-corrected chi connectivity index (χ4v) is 3.97. The van der Waals surface area contributed by atoms with Gasteiger partial charge in [-0.3, -0.25) is 9.59 Å². The zero-order valence-corrected chi connectivity index (χ0v) is 17.3. The van der Waals surface area contributed by atoms with E-state index in [1.165, 1.54) is 13.0 Å². The maximum Gasteiger partial charge on any atom is 0.246 e. The molecule has 0 saturated carbocycles. The highest BCUT2D eigenvalue weighted by Crippen LogP contribution is 2.26. The lowest BCUT2D eigenvalue weighted by Crippen LogP contribution is -2.62. The zero-order chi connectivity index (χ0) is 22.0. The summed E-state index contributed by atoms with van der Waals surface area (Å²) in [6, 6.07) is 12.7. The van der Waals surface area contributed by atoms with Gasteiger partial charge in [-0.1, -0.05) is 24.8 Å². The molecule has 2 N–H and O–H groups in total. The summed E-state index contributed by atoms with van der Waals surface area (Å²) in [5, 5.41) is 14.0. The van der Waals surface area contributed by atoms with Crippen LogP contribution in [0.15, 0.2) is 67.5 Å². The fraction of sp³-hybridized carbons (Fsp3) is 0.261. The van der Waals surface area contributed by atoms with E-state index in [9.17, 15) is 14.7 Å². The van der Waals surface area contributed by atoms with Gasteiger partial charge in [-0.2, -0.15) is 0 Å². The van der Waals surface area contributed by atoms with Crippen molar-refractivity contribution >= 4 is 29.0 Å². The number of amides is 2. The number of aromatic nitrogens is 2. The topological polar surface area (TPSA) is 90.2 Å². The third kappa shape index (κ3) is 4.29. The monoisotopic (exact) mass is 419 g/mol. The van der Waals surface area contributed by atoms with Gasteiger partial charge in [0.2, 0.25) is 11.8 Å². The van der Waals surface area contributed by atoms with Crippen LogP contribution in [0.25, 0.3) is 5.65 Å². The largest absolute Gasteiger partial charge is 0.371 e. The minimum absolute atomic E-state index is 0.138. The number of piperazine rings is 1. The molecule has 1 fully saturated rings. The molecule has 1 unspecified atom stereocenters. The number of aliphatic hydroxyl groups is 1. The number of nitrogens with zero attached hydrogens (tertiary/aromatic N) is 4. The van der Waals surface area contributed by atoms with Gasteiger partial charge in [0.15, 0.2) is 0 Å². The van der Waals surface area contributed by atoms with Crippen molar-refractivity contribution in [3.05, 3.63) is 73.1 Å². The van der Waals surface area contributed by atoms with Crippen molar-refractivity contribution < 1.29 is 14.7 Å². The van der Waals surface area contributed by atoms with E-state index < -0.39 is 12.3 Å². The van der Waals surface area contributed by atoms with Gasteiger partial charge in [-0.15, -0.1) is 0 Å². The summed E-state index contributed by atoms with van der Waals surface area (Å²) in [6.45, 7) is 5.97. The Labute approximate surface area is 180 Å². The standard InChI is InChI=1S/C23H25N5O3/c1-3-22(30)27-12-13-28(21-15-26-11-5-4-6-20(26)25-21)23(31)19(27)14-17-7-9-18(10-8-17)24-16(2)29/h3-11,15,19,23,31H,1,12-14H2,2H3,(H,24,29)/t19-,23?/m1/s1. The molecule has 0 bridgehead atoms. The fourth-order valence-electron chi connectivity index (χ4n) is 3.97. The Kier molecular flexibility index (Phi) is 5.73. The van der Waals surface area contributed by atoms with E-state index >= 15 is 0 Å². The lowest BCUT2D eigenvalue weighted by molar-refractivity contribution is -0.132. The van der Waals surface area contributed by atoms with Crippen LogP contribution < -0.4 is 10.2 Å². The van der Waals surface area contributed by atoms with Crippen LogP contribution in [0.5, 0.6) is 0 Å². The van der Waals surface area contributed by atoms with Gasteiger partial charge in [0.05, 0.1) is 12.2 Å².